The van der Waals surface area contributed by atoms with Crippen molar-refractivity contribution < 1.29 is 4.90 Å². The highest BCUT2D eigenvalue weighted by molar-refractivity contribution is 7.18. The van der Waals surface area contributed by atoms with Crippen molar-refractivity contribution >= 4 is 50.3 Å². The molecular formula is C17H20ClN4S2+. The van der Waals surface area contributed by atoms with Gasteiger partial charge in [-0.15, -0.1) is 22.7 Å². The Morgan fingerprint density at radius 3 is 2.67 bits per heavy atom. The van der Waals surface area contributed by atoms with E-state index in [1.54, 1.807) is 33.9 Å². The first-order valence-electron chi connectivity index (χ1n) is 8.15. The molecule has 0 aliphatic carbocycles. The first-order chi connectivity index (χ1) is 11.6. The van der Waals surface area contributed by atoms with Gasteiger partial charge in [-0.25, -0.2) is 9.97 Å². The summed E-state index contributed by atoms with van der Waals surface area (Å²) < 4.78 is 0.884. The first-order valence-corrected chi connectivity index (χ1v) is 10.2. The van der Waals surface area contributed by atoms with Crippen molar-refractivity contribution in [1.82, 2.24) is 9.97 Å². The predicted molar refractivity (Wildman–Crippen MR) is 103 cm³/mol. The number of hydrogen-bond donors (Lipinski definition) is 1. The number of nitrogens with zero attached hydrogens (tertiary/aromatic N) is 3. The molecule has 7 heteroatoms. The largest absolute Gasteiger partial charge is 0.345 e. The molecular weight excluding hydrogens is 360 g/mol. The zero-order valence-corrected chi connectivity index (χ0v) is 16.2. The van der Waals surface area contributed by atoms with Gasteiger partial charge in [-0.2, -0.15) is 0 Å². The van der Waals surface area contributed by atoms with Crippen LogP contribution in [0.1, 0.15) is 15.3 Å². The summed E-state index contributed by atoms with van der Waals surface area (Å²) in [5.74, 6) is 1.11. The molecule has 0 radical (unpaired) electrons. The molecule has 0 spiro atoms. The average Bonchev–Trinajstić information content (AvgIpc) is 3.12. The smallest absolute Gasteiger partial charge is 0.141 e. The molecule has 1 N–H and O–H groups in total. The van der Waals surface area contributed by atoms with Gasteiger partial charge in [0.1, 0.15) is 23.5 Å². The van der Waals surface area contributed by atoms with Crippen LogP contribution in [0, 0.1) is 13.8 Å². The number of thiophene rings is 2. The molecule has 1 saturated heterocycles. The number of rotatable bonds is 3. The maximum atomic E-state index is 6.04. The van der Waals surface area contributed by atoms with Gasteiger partial charge in [0.05, 0.1) is 40.8 Å². The van der Waals surface area contributed by atoms with Crippen LogP contribution in [-0.2, 0) is 6.54 Å². The SMILES string of the molecule is Cc1sc2ncnc(N3CC[NH+](Cc4ccc(Cl)s4)CC3)c2c1C. The Morgan fingerprint density at radius 1 is 1.17 bits per heavy atom. The summed E-state index contributed by atoms with van der Waals surface area (Å²) in [7, 11) is 0. The molecule has 1 aliphatic rings. The topological polar surface area (TPSA) is 33.5 Å². The molecule has 0 saturated carbocycles. The Kier molecular flexibility index (Phi) is 4.47. The Bertz CT molecular complexity index is 865. The molecule has 0 amide bonds. The summed E-state index contributed by atoms with van der Waals surface area (Å²) in [5, 5.41) is 1.24. The van der Waals surface area contributed by atoms with Gasteiger partial charge in [-0.1, -0.05) is 11.6 Å². The van der Waals surface area contributed by atoms with Crippen molar-refractivity contribution in [3.8, 4) is 0 Å². The normalized spacial score (nSPS) is 16.2. The van der Waals surface area contributed by atoms with Crippen LogP contribution in [0.25, 0.3) is 10.2 Å². The van der Waals surface area contributed by atoms with Crippen molar-refractivity contribution in [2.24, 2.45) is 0 Å². The monoisotopic (exact) mass is 379 g/mol. The third-order valence-corrected chi connectivity index (χ3v) is 7.11. The fourth-order valence-corrected chi connectivity index (χ4v) is 5.46. The number of quaternary nitrogens is 1. The lowest BCUT2D eigenvalue weighted by Crippen LogP contribution is -3.13. The maximum absolute atomic E-state index is 6.04. The lowest BCUT2D eigenvalue weighted by Gasteiger charge is -2.33. The molecule has 3 aromatic rings. The van der Waals surface area contributed by atoms with Crippen molar-refractivity contribution in [3.05, 3.63) is 38.1 Å². The highest BCUT2D eigenvalue weighted by Crippen LogP contribution is 2.34. The van der Waals surface area contributed by atoms with Gasteiger partial charge in [-0.05, 0) is 31.5 Å². The van der Waals surface area contributed by atoms with E-state index in [2.05, 4.69) is 34.8 Å². The van der Waals surface area contributed by atoms with E-state index in [-0.39, 0.29) is 0 Å². The maximum Gasteiger partial charge on any atom is 0.141 e. The highest BCUT2D eigenvalue weighted by Gasteiger charge is 2.24. The van der Waals surface area contributed by atoms with E-state index in [0.29, 0.717) is 0 Å². The first kappa shape index (κ1) is 16.3. The second-order valence-electron chi connectivity index (χ2n) is 6.28. The van der Waals surface area contributed by atoms with Crippen LogP contribution < -0.4 is 9.80 Å². The summed E-state index contributed by atoms with van der Waals surface area (Å²) in [6, 6.07) is 4.15. The molecule has 4 rings (SSSR count). The van der Waals surface area contributed by atoms with Crippen molar-refractivity contribution in [1.29, 1.82) is 0 Å². The molecule has 4 heterocycles. The van der Waals surface area contributed by atoms with E-state index in [0.717, 1.165) is 47.7 Å². The molecule has 4 nitrogen and oxygen atoms in total. The molecule has 0 bridgehead atoms. The van der Waals surface area contributed by atoms with Gasteiger partial charge >= 0.3 is 0 Å². The number of aromatic nitrogens is 2. The fraction of sp³-hybridized carbons (Fsp3) is 0.412. The van der Waals surface area contributed by atoms with E-state index in [1.165, 1.54) is 20.7 Å². The molecule has 0 atom stereocenters. The molecule has 1 aliphatic heterocycles. The minimum atomic E-state index is 0.884. The van der Waals surface area contributed by atoms with Crippen molar-refractivity contribution in [2.45, 2.75) is 20.4 Å². The number of nitrogens with one attached hydrogen (secondary N) is 1. The summed E-state index contributed by atoms with van der Waals surface area (Å²) in [6.07, 6.45) is 1.71. The average molecular weight is 380 g/mol. The van der Waals surface area contributed by atoms with E-state index < -0.39 is 0 Å². The van der Waals surface area contributed by atoms with Gasteiger partial charge in [-0.3, -0.25) is 0 Å². The zero-order valence-electron chi connectivity index (χ0n) is 13.8. The van der Waals surface area contributed by atoms with Crippen LogP contribution in [0.2, 0.25) is 4.34 Å². The van der Waals surface area contributed by atoms with Crippen LogP contribution in [0.5, 0.6) is 0 Å². The Hall–Kier alpha value is -1.21. The van der Waals surface area contributed by atoms with E-state index in [1.807, 2.05) is 6.07 Å². The van der Waals surface area contributed by atoms with Gasteiger partial charge < -0.3 is 9.80 Å². The van der Waals surface area contributed by atoms with Crippen LogP contribution in [0.4, 0.5) is 5.82 Å². The number of anilines is 1. The number of halogens is 1. The molecule has 24 heavy (non-hydrogen) atoms. The summed E-state index contributed by atoms with van der Waals surface area (Å²) in [6.45, 7) is 9.75. The van der Waals surface area contributed by atoms with E-state index in [9.17, 15) is 0 Å². The summed E-state index contributed by atoms with van der Waals surface area (Å²) in [5.41, 5.74) is 1.33. The van der Waals surface area contributed by atoms with Crippen molar-refractivity contribution in [3.63, 3.8) is 0 Å². The Labute approximate surface area is 154 Å². The molecule has 1 fully saturated rings. The van der Waals surface area contributed by atoms with Gasteiger partial charge in [0.15, 0.2) is 0 Å². The molecule has 0 unspecified atom stereocenters. The van der Waals surface area contributed by atoms with Gasteiger partial charge in [0.2, 0.25) is 0 Å². The third kappa shape index (κ3) is 3.04. The summed E-state index contributed by atoms with van der Waals surface area (Å²) in [4.78, 5) is 16.9. The number of aryl methyl sites for hydroxylation is 2. The third-order valence-electron chi connectivity index (χ3n) is 4.77. The second kappa shape index (κ2) is 6.59. The molecule has 126 valence electrons. The minimum Gasteiger partial charge on any atom is -0.345 e. The lowest BCUT2D eigenvalue weighted by molar-refractivity contribution is -0.914. The second-order valence-corrected chi connectivity index (χ2v) is 9.28. The fourth-order valence-electron chi connectivity index (χ4n) is 3.31. The number of hydrogen-bond acceptors (Lipinski definition) is 5. The van der Waals surface area contributed by atoms with Gasteiger partial charge in [0.25, 0.3) is 0 Å². The van der Waals surface area contributed by atoms with Gasteiger partial charge in [0, 0.05) is 4.88 Å². The predicted octanol–water partition coefficient (Wildman–Crippen LogP) is 2.93. The van der Waals surface area contributed by atoms with E-state index >= 15 is 0 Å². The standard InChI is InChI=1S/C17H19ClN4S2/c1-11-12(2)23-17-15(11)16(19-10-20-17)22-7-5-21(6-8-22)9-13-3-4-14(18)24-13/h3-4,10H,5-9H2,1-2H3/p+1. The lowest BCUT2D eigenvalue weighted by atomic mass is 10.2. The van der Waals surface area contributed by atoms with Crippen LogP contribution in [-0.4, -0.2) is 36.1 Å². The molecule has 0 aromatic carbocycles. The zero-order chi connectivity index (χ0) is 16.7. The van der Waals surface area contributed by atoms with E-state index in [4.69, 9.17) is 11.6 Å². The number of fused-ring (bicyclic) bond motifs is 1. The summed E-state index contributed by atoms with van der Waals surface area (Å²) >= 11 is 9.51. The highest BCUT2D eigenvalue weighted by atomic mass is 35.5. The van der Waals surface area contributed by atoms with Crippen LogP contribution in [0.15, 0.2) is 18.5 Å². The van der Waals surface area contributed by atoms with Crippen LogP contribution >= 0.6 is 34.3 Å². The van der Waals surface area contributed by atoms with Crippen molar-refractivity contribution in [2.75, 3.05) is 31.1 Å². The number of piperazine rings is 1. The van der Waals surface area contributed by atoms with Crippen LogP contribution in [0.3, 0.4) is 0 Å². The Balaban J connectivity index is 1.50. The Morgan fingerprint density at radius 2 is 1.96 bits per heavy atom. The quantitative estimate of drug-likeness (QED) is 0.759. The minimum absolute atomic E-state index is 0.884. The molecule has 3 aromatic heterocycles.